The lowest BCUT2D eigenvalue weighted by Gasteiger charge is -2.30. The van der Waals surface area contributed by atoms with Crippen molar-refractivity contribution in [2.24, 2.45) is 11.0 Å². The van der Waals surface area contributed by atoms with Crippen molar-refractivity contribution < 1.29 is 23.5 Å². The van der Waals surface area contributed by atoms with Gasteiger partial charge in [-0.3, -0.25) is 9.59 Å². The van der Waals surface area contributed by atoms with Crippen LogP contribution in [0.3, 0.4) is 0 Å². The molecule has 2 aromatic carbocycles. The summed E-state index contributed by atoms with van der Waals surface area (Å²) in [6, 6.07) is 11.5. The summed E-state index contributed by atoms with van der Waals surface area (Å²) in [7, 11) is 1.64. The van der Waals surface area contributed by atoms with Gasteiger partial charge < -0.3 is 14.4 Å². The molecule has 32 heavy (non-hydrogen) atoms. The molecule has 0 spiro atoms. The monoisotopic (exact) mass is 437 g/mol. The second-order valence-electron chi connectivity index (χ2n) is 8.42. The van der Waals surface area contributed by atoms with Gasteiger partial charge in [-0.2, -0.15) is 5.10 Å². The Morgan fingerprint density at radius 2 is 1.94 bits per heavy atom. The Bertz CT molecular complexity index is 1100. The molecule has 0 aromatic heterocycles. The molecule has 1 saturated carbocycles. The largest absolute Gasteiger partial charge is 0.454 e. The van der Waals surface area contributed by atoms with E-state index in [2.05, 4.69) is 5.10 Å². The summed E-state index contributed by atoms with van der Waals surface area (Å²) >= 11 is 0. The number of hydrazone groups is 1. The van der Waals surface area contributed by atoms with Gasteiger partial charge in [-0.15, -0.1) is 0 Å². The molecule has 2 aliphatic heterocycles. The molecule has 2 heterocycles. The lowest BCUT2D eigenvalue weighted by molar-refractivity contribution is -0.144. The average Bonchev–Trinajstić information content (AvgIpc) is 3.39. The first-order chi connectivity index (χ1) is 15.5. The maximum Gasteiger partial charge on any atom is 0.262 e. The van der Waals surface area contributed by atoms with Crippen LogP contribution in [0.1, 0.15) is 42.9 Å². The average molecular weight is 437 g/mol. The molecule has 166 valence electrons. The van der Waals surface area contributed by atoms with Gasteiger partial charge >= 0.3 is 0 Å². The lowest BCUT2D eigenvalue weighted by atomic mass is 9.84. The van der Waals surface area contributed by atoms with Crippen LogP contribution in [0.2, 0.25) is 0 Å². The number of likely N-dealkylation sites (N-methyl/N-ethyl adjacent to an activating group) is 1. The third-order valence-corrected chi connectivity index (χ3v) is 6.34. The quantitative estimate of drug-likeness (QED) is 0.718. The molecule has 1 fully saturated rings. The second-order valence-corrected chi connectivity index (χ2v) is 8.42. The minimum absolute atomic E-state index is 0.00788. The minimum Gasteiger partial charge on any atom is -0.454 e. The number of ether oxygens (including phenoxy) is 2. The van der Waals surface area contributed by atoms with Gasteiger partial charge in [0.05, 0.1) is 11.8 Å². The van der Waals surface area contributed by atoms with Crippen molar-refractivity contribution in [3.8, 4) is 11.5 Å². The molecular formula is C24H24FN3O4. The van der Waals surface area contributed by atoms with Gasteiger partial charge in [0.1, 0.15) is 12.4 Å². The maximum atomic E-state index is 14.5. The highest BCUT2D eigenvalue weighted by Crippen LogP contribution is 2.39. The number of hydrogen-bond donors (Lipinski definition) is 0. The standard InChI is InChI=1S/C24H24FN3O4/c1-27(24(30)15-5-4-6-15)13-23(29)28-20(16-9-10-21-22(11-16)32-14-31-21)12-19(26-28)17-7-2-3-8-18(17)25/h2-3,7-11,15,20H,4-6,12-14H2,1H3. The van der Waals surface area contributed by atoms with E-state index >= 15 is 0 Å². The van der Waals surface area contributed by atoms with Crippen LogP contribution < -0.4 is 9.47 Å². The lowest BCUT2D eigenvalue weighted by Crippen LogP contribution is -2.42. The fraction of sp³-hybridized carbons (Fsp3) is 0.375. The third kappa shape index (κ3) is 3.70. The Labute approximate surface area is 185 Å². The molecule has 1 atom stereocenters. The summed E-state index contributed by atoms with van der Waals surface area (Å²) in [5.41, 5.74) is 1.67. The summed E-state index contributed by atoms with van der Waals surface area (Å²) in [5.74, 6) is 0.545. The van der Waals surface area contributed by atoms with E-state index in [1.807, 2.05) is 12.1 Å². The first kappa shape index (κ1) is 20.5. The summed E-state index contributed by atoms with van der Waals surface area (Å²) in [4.78, 5) is 27.2. The van der Waals surface area contributed by atoms with E-state index in [0.29, 0.717) is 29.2 Å². The van der Waals surface area contributed by atoms with E-state index in [4.69, 9.17) is 9.47 Å². The van der Waals surface area contributed by atoms with Crippen LogP contribution in [0.5, 0.6) is 11.5 Å². The van der Waals surface area contributed by atoms with E-state index in [1.54, 1.807) is 31.3 Å². The molecule has 0 bridgehead atoms. The van der Waals surface area contributed by atoms with Crippen LogP contribution in [-0.4, -0.2) is 47.8 Å². The Kier molecular flexibility index (Phi) is 5.28. The van der Waals surface area contributed by atoms with Crippen LogP contribution in [0, 0.1) is 11.7 Å². The van der Waals surface area contributed by atoms with Gasteiger partial charge in [0.25, 0.3) is 5.91 Å². The SMILES string of the molecule is CN(CC(=O)N1N=C(c2ccccc2F)CC1c1ccc2c(c1)OCO2)C(=O)C1CCC1. The Morgan fingerprint density at radius 1 is 1.16 bits per heavy atom. The van der Waals surface area contributed by atoms with Crippen LogP contribution in [0.25, 0.3) is 0 Å². The second kappa shape index (κ2) is 8.26. The predicted molar refractivity (Wildman–Crippen MR) is 115 cm³/mol. The molecule has 3 aliphatic rings. The van der Waals surface area contributed by atoms with Crippen molar-refractivity contribution in [2.75, 3.05) is 20.4 Å². The highest BCUT2D eigenvalue weighted by atomic mass is 19.1. The number of benzene rings is 2. The fourth-order valence-electron chi connectivity index (χ4n) is 4.30. The first-order valence-corrected chi connectivity index (χ1v) is 10.8. The van der Waals surface area contributed by atoms with E-state index in [0.717, 1.165) is 24.8 Å². The molecule has 1 aliphatic carbocycles. The minimum atomic E-state index is -0.432. The number of carbonyl (C=O) groups excluding carboxylic acids is 2. The van der Waals surface area contributed by atoms with Crippen molar-refractivity contribution in [3.05, 3.63) is 59.4 Å². The van der Waals surface area contributed by atoms with Crippen LogP contribution in [0.15, 0.2) is 47.6 Å². The Balaban J connectivity index is 1.43. The molecule has 0 saturated heterocycles. The van der Waals surface area contributed by atoms with Gasteiger partial charge in [0.15, 0.2) is 11.5 Å². The van der Waals surface area contributed by atoms with Crippen LogP contribution >= 0.6 is 0 Å². The number of halogens is 1. The zero-order chi connectivity index (χ0) is 22.2. The first-order valence-electron chi connectivity index (χ1n) is 10.8. The number of fused-ring (bicyclic) bond motifs is 1. The van der Waals surface area contributed by atoms with Gasteiger partial charge in [0.2, 0.25) is 12.7 Å². The van der Waals surface area contributed by atoms with Crippen molar-refractivity contribution in [1.82, 2.24) is 9.91 Å². The predicted octanol–water partition coefficient (Wildman–Crippen LogP) is 3.49. The summed E-state index contributed by atoms with van der Waals surface area (Å²) in [5, 5.41) is 5.89. The number of carbonyl (C=O) groups is 2. The van der Waals surface area contributed by atoms with E-state index in [-0.39, 0.29) is 36.9 Å². The highest BCUT2D eigenvalue weighted by Gasteiger charge is 2.36. The van der Waals surface area contributed by atoms with Gasteiger partial charge in [-0.1, -0.05) is 30.7 Å². The van der Waals surface area contributed by atoms with E-state index in [1.165, 1.54) is 16.0 Å². The molecule has 0 radical (unpaired) electrons. The van der Waals surface area contributed by atoms with Crippen LogP contribution in [-0.2, 0) is 9.59 Å². The topological polar surface area (TPSA) is 71.4 Å². The summed E-state index contributed by atoms with van der Waals surface area (Å²) < 4.78 is 25.3. The van der Waals surface area contributed by atoms with E-state index < -0.39 is 6.04 Å². The molecule has 1 unspecified atom stereocenters. The molecule has 5 rings (SSSR count). The van der Waals surface area contributed by atoms with E-state index in [9.17, 15) is 14.0 Å². The molecule has 7 nitrogen and oxygen atoms in total. The molecular weight excluding hydrogens is 413 g/mol. The maximum absolute atomic E-state index is 14.5. The Morgan fingerprint density at radius 3 is 2.69 bits per heavy atom. The van der Waals surface area contributed by atoms with Gasteiger partial charge in [0, 0.05) is 24.9 Å². The van der Waals surface area contributed by atoms with Gasteiger partial charge in [-0.25, -0.2) is 9.40 Å². The molecule has 8 heteroatoms. The third-order valence-electron chi connectivity index (χ3n) is 6.34. The molecule has 0 N–H and O–H groups in total. The number of rotatable bonds is 5. The van der Waals surface area contributed by atoms with Crippen molar-refractivity contribution in [3.63, 3.8) is 0 Å². The smallest absolute Gasteiger partial charge is 0.262 e. The van der Waals surface area contributed by atoms with Crippen LogP contribution in [0.4, 0.5) is 4.39 Å². The van der Waals surface area contributed by atoms with Crippen molar-refractivity contribution >= 4 is 17.5 Å². The summed E-state index contributed by atoms with van der Waals surface area (Å²) in [6.07, 6.45) is 3.15. The highest BCUT2D eigenvalue weighted by molar-refractivity contribution is 6.03. The normalized spacial score (nSPS) is 19.5. The van der Waals surface area contributed by atoms with Crippen molar-refractivity contribution in [1.29, 1.82) is 0 Å². The number of hydrogen-bond acceptors (Lipinski definition) is 5. The number of amides is 2. The zero-order valence-corrected chi connectivity index (χ0v) is 17.8. The molecule has 2 amide bonds. The number of nitrogens with zero attached hydrogens (tertiary/aromatic N) is 3. The fourth-order valence-corrected chi connectivity index (χ4v) is 4.30. The zero-order valence-electron chi connectivity index (χ0n) is 17.8. The summed E-state index contributed by atoms with van der Waals surface area (Å²) in [6.45, 7) is 0.0710. The van der Waals surface area contributed by atoms with Gasteiger partial charge in [-0.05, 0) is 36.6 Å². The Hall–Kier alpha value is -3.42. The van der Waals surface area contributed by atoms with Crippen molar-refractivity contribution in [2.45, 2.75) is 31.7 Å². The molecule has 2 aromatic rings.